The van der Waals surface area contributed by atoms with Crippen molar-refractivity contribution in [2.75, 3.05) is 19.8 Å². The summed E-state index contributed by atoms with van der Waals surface area (Å²) in [5.41, 5.74) is 15.6. The summed E-state index contributed by atoms with van der Waals surface area (Å²) in [6.07, 6.45) is -16.1. The number of hydrogen-bond donors (Lipinski definition) is 11. The number of carbonyl (C=O) groups excluding carboxylic acids is 1. The van der Waals surface area contributed by atoms with Crippen LogP contribution in [0.3, 0.4) is 0 Å². The van der Waals surface area contributed by atoms with E-state index in [9.17, 15) is 45.6 Å². The predicted octanol–water partition coefficient (Wildman–Crippen LogP) is -6.54. The van der Waals surface area contributed by atoms with Crippen LogP contribution in [0.15, 0.2) is 0 Å². The second-order valence-corrected chi connectivity index (χ2v) is 10.4. The fraction of sp³-hybridized carbons (Fsp3) is 0.957. The van der Waals surface area contributed by atoms with Gasteiger partial charge < -0.3 is 81.7 Å². The van der Waals surface area contributed by atoms with Gasteiger partial charge in [0.05, 0.1) is 37.9 Å². The van der Waals surface area contributed by atoms with Crippen LogP contribution in [0.5, 0.6) is 0 Å². The number of Topliss-reactive ketones (excluding diaryl/α,β-unsaturated/α-hetero) is 1. The van der Waals surface area contributed by atoms with Gasteiger partial charge in [0.1, 0.15) is 48.8 Å². The molecule has 0 aliphatic carbocycles. The first-order chi connectivity index (χ1) is 18.9. The van der Waals surface area contributed by atoms with E-state index in [0.717, 1.165) is 0 Å². The van der Waals surface area contributed by atoms with Crippen LogP contribution in [0.2, 0.25) is 0 Å². The zero-order valence-electron chi connectivity index (χ0n) is 22.1. The van der Waals surface area contributed by atoms with Gasteiger partial charge in [-0.05, 0) is 6.42 Å². The Morgan fingerprint density at radius 1 is 0.800 bits per heavy atom. The minimum atomic E-state index is -2.27. The minimum absolute atomic E-state index is 0.0760. The molecule has 3 rings (SSSR count). The summed E-state index contributed by atoms with van der Waals surface area (Å²) in [7, 11) is 0. The van der Waals surface area contributed by atoms with Crippen molar-refractivity contribution < 1.29 is 69.3 Å². The average molecular weight is 586 g/mol. The Morgan fingerprint density at radius 3 is 1.88 bits per heavy atom. The summed E-state index contributed by atoms with van der Waals surface area (Å²) in [5, 5.41) is 82.2. The van der Waals surface area contributed by atoms with Crippen molar-refractivity contribution in [1.82, 2.24) is 0 Å². The van der Waals surface area contributed by atoms with Crippen LogP contribution in [-0.2, 0) is 28.5 Å². The molecule has 3 fully saturated rings. The van der Waals surface area contributed by atoms with Gasteiger partial charge in [-0.1, -0.05) is 13.3 Å². The van der Waals surface area contributed by atoms with E-state index >= 15 is 0 Å². The van der Waals surface area contributed by atoms with Crippen LogP contribution in [-0.4, -0.2) is 158 Å². The standard InChI is InChI=1S/C23H43N3O14/c1-2-3-4-10(30)23(7-29)19(34)16(33)13(26)22(40-23)39-18-9(6-28)37-21(12(25)15(18)32)38-17-8(5-27)36-20(35)11(24)14(17)31/h8-9,11-22,27-29,31-35H,2-7,24-26H2,1H3/t8-,9-,11-,12-,13-,14-,15-,16-,17?,18?,19+,20-,21+,22+,23+/m1/s1. The molecule has 3 aliphatic heterocycles. The topological polar surface area (TPSA) is 303 Å². The van der Waals surface area contributed by atoms with Crippen LogP contribution in [0, 0.1) is 0 Å². The minimum Gasteiger partial charge on any atom is -0.394 e. The molecule has 0 amide bonds. The van der Waals surface area contributed by atoms with Gasteiger partial charge in [0.2, 0.25) is 0 Å². The highest BCUT2D eigenvalue weighted by Gasteiger charge is 2.58. The quantitative estimate of drug-likeness (QED) is 0.107. The summed E-state index contributed by atoms with van der Waals surface area (Å²) in [5.74, 6) is -0.691. The Bertz CT molecular complexity index is 826. The Morgan fingerprint density at radius 2 is 1.32 bits per heavy atom. The normalized spacial score (nSPS) is 48.2. The van der Waals surface area contributed by atoms with Crippen molar-refractivity contribution in [3.05, 3.63) is 0 Å². The molecular formula is C23H43N3O14. The molecule has 15 atom stereocenters. The molecule has 14 N–H and O–H groups in total. The number of nitrogens with two attached hydrogens (primary N) is 3. The van der Waals surface area contributed by atoms with Crippen molar-refractivity contribution in [3.63, 3.8) is 0 Å². The molecule has 2 unspecified atom stereocenters. The molecule has 40 heavy (non-hydrogen) atoms. The lowest BCUT2D eigenvalue weighted by molar-refractivity contribution is -0.355. The molecule has 0 radical (unpaired) electrons. The lowest BCUT2D eigenvalue weighted by atomic mass is 9.81. The number of ketones is 1. The molecule has 17 nitrogen and oxygen atoms in total. The molecule has 0 aromatic heterocycles. The van der Waals surface area contributed by atoms with Crippen LogP contribution >= 0.6 is 0 Å². The largest absolute Gasteiger partial charge is 0.394 e. The zero-order valence-corrected chi connectivity index (χ0v) is 22.1. The second-order valence-electron chi connectivity index (χ2n) is 10.4. The van der Waals surface area contributed by atoms with E-state index in [4.69, 9.17) is 40.9 Å². The first-order valence-corrected chi connectivity index (χ1v) is 13.2. The second kappa shape index (κ2) is 14.0. The molecule has 3 aliphatic rings. The van der Waals surface area contributed by atoms with Gasteiger partial charge in [-0.2, -0.15) is 0 Å². The maximum absolute atomic E-state index is 12.9. The number of carbonyl (C=O) groups is 1. The maximum atomic E-state index is 12.9. The number of aliphatic hydroxyl groups is 8. The molecule has 0 spiro atoms. The fourth-order valence-electron chi connectivity index (χ4n) is 5.08. The van der Waals surface area contributed by atoms with Crippen LogP contribution < -0.4 is 17.2 Å². The van der Waals surface area contributed by atoms with Crippen molar-refractivity contribution in [3.8, 4) is 0 Å². The third-order valence-corrected chi connectivity index (χ3v) is 7.70. The van der Waals surface area contributed by atoms with E-state index in [0.29, 0.717) is 12.8 Å². The Balaban J connectivity index is 1.79. The Labute approximate surface area is 230 Å². The highest BCUT2D eigenvalue weighted by atomic mass is 16.7. The number of rotatable bonds is 11. The highest BCUT2D eigenvalue weighted by Crippen LogP contribution is 2.35. The van der Waals surface area contributed by atoms with Gasteiger partial charge in [-0.25, -0.2) is 0 Å². The monoisotopic (exact) mass is 585 g/mol. The van der Waals surface area contributed by atoms with Gasteiger partial charge in [0, 0.05) is 6.42 Å². The van der Waals surface area contributed by atoms with Gasteiger partial charge in [-0.15, -0.1) is 0 Å². The summed E-state index contributed by atoms with van der Waals surface area (Å²) >= 11 is 0. The maximum Gasteiger partial charge on any atom is 0.180 e. The van der Waals surface area contributed by atoms with E-state index in [1.165, 1.54) is 0 Å². The summed E-state index contributed by atoms with van der Waals surface area (Å²) < 4.78 is 28.0. The zero-order chi connectivity index (χ0) is 29.9. The van der Waals surface area contributed by atoms with Gasteiger partial charge in [0.15, 0.2) is 30.3 Å². The summed E-state index contributed by atoms with van der Waals surface area (Å²) in [4.78, 5) is 12.9. The number of ether oxygens (including phenoxy) is 5. The predicted molar refractivity (Wildman–Crippen MR) is 131 cm³/mol. The first kappa shape index (κ1) is 33.5. The third-order valence-electron chi connectivity index (χ3n) is 7.70. The molecular weight excluding hydrogens is 542 g/mol. The molecule has 0 aromatic rings. The van der Waals surface area contributed by atoms with E-state index in [1.807, 2.05) is 6.92 Å². The molecule has 17 heteroatoms. The van der Waals surface area contributed by atoms with E-state index in [1.54, 1.807) is 0 Å². The van der Waals surface area contributed by atoms with Gasteiger partial charge >= 0.3 is 0 Å². The Kier molecular flexibility index (Phi) is 11.7. The molecule has 0 bridgehead atoms. The average Bonchev–Trinajstić information content (AvgIpc) is 2.95. The van der Waals surface area contributed by atoms with Gasteiger partial charge in [0.25, 0.3) is 0 Å². The van der Waals surface area contributed by atoms with Gasteiger partial charge in [-0.3, -0.25) is 4.79 Å². The molecule has 0 aromatic carbocycles. The van der Waals surface area contributed by atoms with Crippen molar-refractivity contribution in [1.29, 1.82) is 0 Å². The molecule has 234 valence electrons. The number of aliphatic hydroxyl groups excluding tert-OH is 8. The first-order valence-electron chi connectivity index (χ1n) is 13.2. The smallest absolute Gasteiger partial charge is 0.180 e. The van der Waals surface area contributed by atoms with Crippen LogP contribution in [0.4, 0.5) is 0 Å². The summed E-state index contributed by atoms with van der Waals surface area (Å²) in [6, 6.07) is -4.18. The SMILES string of the molecule is CCCCC(=O)[C@]1(CO)O[C@H](OC2[C@@H](CO)O[C@@H](OC3[C@@H](CO)O[C@@H](O)[C@H](N)[C@H]3O)[C@H](N)[C@H]2O)[C@H](N)[C@@H](O)[C@@H]1O. The van der Waals surface area contributed by atoms with Crippen LogP contribution in [0.1, 0.15) is 26.2 Å². The summed E-state index contributed by atoms with van der Waals surface area (Å²) in [6.45, 7) is -0.623. The molecule has 3 heterocycles. The lowest BCUT2D eigenvalue weighted by Gasteiger charge is -2.50. The van der Waals surface area contributed by atoms with Crippen molar-refractivity contribution in [2.45, 2.75) is 118 Å². The number of unbranched alkanes of at least 4 members (excludes halogenated alkanes) is 1. The van der Waals surface area contributed by atoms with E-state index < -0.39 is 117 Å². The molecule has 0 saturated carbocycles. The Hall–Kier alpha value is -0.970. The van der Waals surface area contributed by atoms with Crippen molar-refractivity contribution in [2.24, 2.45) is 17.2 Å². The van der Waals surface area contributed by atoms with E-state index in [2.05, 4.69) is 0 Å². The number of hydrogen-bond acceptors (Lipinski definition) is 17. The fourth-order valence-corrected chi connectivity index (χ4v) is 5.08. The highest BCUT2D eigenvalue weighted by molar-refractivity contribution is 5.88. The van der Waals surface area contributed by atoms with Crippen LogP contribution in [0.25, 0.3) is 0 Å². The van der Waals surface area contributed by atoms with E-state index in [-0.39, 0.29) is 6.42 Å². The lowest BCUT2D eigenvalue weighted by Crippen LogP contribution is -2.73. The van der Waals surface area contributed by atoms with Crippen molar-refractivity contribution >= 4 is 5.78 Å². The third kappa shape index (κ3) is 6.35. The molecule has 3 saturated heterocycles.